The Bertz CT molecular complexity index is 1640. The molecular weight excluding hydrogens is 585 g/mol. The number of aromatic carboxylic acids is 1. The summed E-state index contributed by atoms with van der Waals surface area (Å²) < 4.78 is 70.0. The Morgan fingerprint density at radius 2 is 1.60 bits per heavy atom. The van der Waals surface area contributed by atoms with Gasteiger partial charge in [-0.2, -0.15) is 4.31 Å². The molecular formula is C31H31F3N2O6S. The van der Waals surface area contributed by atoms with Gasteiger partial charge in [0.05, 0.1) is 6.54 Å². The van der Waals surface area contributed by atoms with Crippen LogP contribution in [0.3, 0.4) is 0 Å². The normalized spacial score (nSPS) is 18.1. The zero-order valence-electron chi connectivity index (χ0n) is 23.2. The van der Waals surface area contributed by atoms with Crippen LogP contribution in [0, 0.1) is 17.5 Å². The number of amides is 1. The fourth-order valence-electron chi connectivity index (χ4n) is 5.98. The van der Waals surface area contributed by atoms with Crippen molar-refractivity contribution in [1.29, 1.82) is 0 Å². The molecule has 1 saturated heterocycles. The van der Waals surface area contributed by atoms with Gasteiger partial charge >= 0.3 is 5.97 Å². The summed E-state index contributed by atoms with van der Waals surface area (Å²) in [5.41, 5.74) is 1.60. The Kier molecular flexibility index (Phi) is 8.79. The molecule has 2 N–H and O–H groups in total. The Labute approximate surface area is 247 Å². The molecule has 1 aliphatic heterocycles. The first-order chi connectivity index (χ1) is 20.5. The van der Waals surface area contributed by atoms with Crippen molar-refractivity contribution in [3.05, 3.63) is 88.7 Å². The van der Waals surface area contributed by atoms with Crippen molar-refractivity contribution >= 4 is 27.6 Å². The van der Waals surface area contributed by atoms with Crippen molar-refractivity contribution in [1.82, 2.24) is 4.31 Å². The highest BCUT2D eigenvalue weighted by atomic mass is 32.2. The van der Waals surface area contributed by atoms with Gasteiger partial charge in [0, 0.05) is 24.4 Å². The molecule has 0 unspecified atom stereocenters. The van der Waals surface area contributed by atoms with Crippen molar-refractivity contribution in [2.24, 2.45) is 0 Å². The van der Waals surface area contributed by atoms with Gasteiger partial charge in [0.2, 0.25) is 15.9 Å². The van der Waals surface area contributed by atoms with Gasteiger partial charge < -0.3 is 15.1 Å². The molecule has 2 fully saturated rings. The van der Waals surface area contributed by atoms with E-state index in [4.69, 9.17) is 0 Å². The van der Waals surface area contributed by atoms with Gasteiger partial charge in [0.1, 0.15) is 28.1 Å². The summed E-state index contributed by atoms with van der Waals surface area (Å²) in [5, 5.41) is 19.7. The molecule has 5 rings (SSSR count). The topological polar surface area (TPSA) is 115 Å². The number of rotatable bonds is 8. The predicted octanol–water partition coefficient (Wildman–Crippen LogP) is 5.94. The maximum Gasteiger partial charge on any atom is 0.339 e. The zero-order valence-corrected chi connectivity index (χ0v) is 24.0. The van der Waals surface area contributed by atoms with Crippen LogP contribution in [-0.2, 0) is 21.4 Å². The number of anilines is 1. The largest absolute Gasteiger partial charge is 0.507 e. The second-order valence-corrected chi connectivity index (χ2v) is 12.8. The third-order valence-electron chi connectivity index (χ3n) is 8.22. The number of sulfonamides is 1. The SMILES string of the molecule is O=C(O)c1ccc(N(Cc2ccc(C3CCCCC3)cc2)C(=O)[C@H]2CCCN2S(=O)(=O)c2cc(F)cc(F)c2F)cc1O. The number of phenols is 1. The molecule has 0 bridgehead atoms. The number of hydrogen-bond acceptors (Lipinski definition) is 5. The summed E-state index contributed by atoms with van der Waals surface area (Å²) in [6, 6.07) is 10.5. The van der Waals surface area contributed by atoms with Gasteiger partial charge in [-0.15, -0.1) is 0 Å². The number of halogens is 3. The quantitative estimate of drug-likeness (QED) is 0.303. The van der Waals surface area contributed by atoms with E-state index in [0.29, 0.717) is 17.5 Å². The highest BCUT2D eigenvalue weighted by Gasteiger charge is 2.43. The molecule has 8 nitrogen and oxygen atoms in total. The number of nitrogens with zero attached hydrogens (tertiary/aromatic N) is 2. The number of aromatic hydroxyl groups is 1. The van der Waals surface area contributed by atoms with E-state index in [-0.39, 0.29) is 43.2 Å². The van der Waals surface area contributed by atoms with E-state index in [2.05, 4.69) is 0 Å². The molecule has 0 aromatic heterocycles. The summed E-state index contributed by atoms with van der Waals surface area (Å²) in [6.07, 6.45) is 6.01. The predicted molar refractivity (Wildman–Crippen MR) is 152 cm³/mol. The van der Waals surface area contributed by atoms with Gasteiger partial charge in [-0.05, 0) is 60.9 Å². The maximum atomic E-state index is 14.6. The fourth-order valence-corrected chi connectivity index (χ4v) is 7.72. The van der Waals surface area contributed by atoms with E-state index >= 15 is 0 Å². The number of carbonyl (C=O) groups is 2. The Hall–Kier alpha value is -3.90. The van der Waals surface area contributed by atoms with Crippen LogP contribution in [0.2, 0.25) is 0 Å². The lowest BCUT2D eigenvalue weighted by Gasteiger charge is -2.30. The van der Waals surface area contributed by atoms with E-state index in [0.717, 1.165) is 42.1 Å². The second kappa shape index (κ2) is 12.4. The summed E-state index contributed by atoms with van der Waals surface area (Å²) in [4.78, 5) is 25.6. The molecule has 0 spiro atoms. The Morgan fingerprint density at radius 3 is 2.26 bits per heavy atom. The van der Waals surface area contributed by atoms with Crippen molar-refractivity contribution in [3.63, 3.8) is 0 Å². The smallest absolute Gasteiger partial charge is 0.339 e. The Morgan fingerprint density at radius 1 is 0.907 bits per heavy atom. The first kappa shape index (κ1) is 30.6. The standard InChI is InChI=1S/C31H31F3N2O6S/c32-22-15-25(33)29(34)28(16-22)43(41,42)36-14-4-7-26(36)30(38)35(23-12-13-24(31(39)40)27(37)17-23)18-19-8-10-21(11-9-19)20-5-2-1-3-6-20/h8-13,15-17,20,26,37H,1-7,14,18H2,(H,39,40)/t26-/m1/s1. The van der Waals surface area contributed by atoms with Crippen LogP contribution in [0.5, 0.6) is 5.75 Å². The molecule has 1 heterocycles. The average molecular weight is 617 g/mol. The molecule has 3 aromatic carbocycles. The summed E-state index contributed by atoms with van der Waals surface area (Å²) >= 11 is 0. The summed E-state index contributed by atoms with van der Waals surface area (Å²) in [7, 11) is -4.84. The highest BCUT2D eigenvalue weighted by molar-refractivity contribution is 7.89. The maximum absolute atomic E-state index is 14.6. The minimum Gasteiger partial charge on any atom is -0.507 e. The highest BCUT2D eigenvalue weighted by Crippen LogP contribution is 2.35. The van der Waals surface area contributed by atoms with Crippen LogP contribution < -0.4 is 4.90 Å². The molecule has 3 aromatic rings. The summed E-state index contributed by atoms with van der Waals surface area (Å²) in [6.45, 7) is -0.244. The van der Waals surface area contributed by atoms with Gasteiger partial charge in [-0.1, -0.05) is 43.5 Å². The van der Waals surface area contributed by atoms with Crippen LogP contribution in [-0.4, -0.2) is 47.4 Å². The molecule has 1 atom stereocenters. The number of hydrogen-bond donors (Lipinski definition) is 2. The van der Waals surface area contributed by atoms with Gasteiger partial charge in [-0.3, -0.25) is 4.79 Å². The van der Waals surface area contributed by atoms with Crippen molar-refractivity contribution < 1.29 is 41.4 Å². The molecule has 0 radical (unpaired) electrons. The number of carboxylic acids is 1. The first-order valence-electron chi connectivity index (χ1n) is 14.1. The zero-order chi connectivity index (χ0) is 30.9. The summed E-state index contributed by atoms with van der Waals surface area (Å²) in [5.74, 6) is -6.95. The lowest BCUT2D eigenvalue weighted by molar-refractivity contribution is -0.121. The first-order valence-corrected chi connectivity index (χ1v) is 15.5. The average Bonchev–Trinajstić information content (AvgIpc) is 3.49. The lowest BCUT2D eigenvalue weighted by Crippen LogP contribution is -2.48. The van der Waals surface area contributed by atoms with E-state index in [1.165, 1.54) is 23.0 Å². The number of carboxylic acid groups (broad SMARTS) is 1. The van der Waals surface area contributed by atoms with Crippen molar-refractivity contribution in [3.8, 4) is 5.75 Å². The Balaban J connectivity index is 1.49. The monoisotopic (exact) mass is 616 g/mol. The van der Waals surface area contributed by atoms with E-state index in [1.807, 2.05) is 24.3 Å². The number of carbonyl (C=O) groups excluding carboxylic acids is 1. The molecule has 2 aliphatic rings. The van der Waals surface area contributed by atoms with Crippen LogP contribution in [0.4, 0.5) is 18.9 Å². The molecule has 1 aliphatic carbocycles. The second-order valence-electron chi connectivity index (χ2n) is 11.0. The number of benzene rings is 3. The molecule has 1 saturated carbocycles. The van der Waals surface area contributed by atoms with Crippen LogP contribution in [0.25, 0.3) is 0 Å². The minimum absolute atomic E-state index is 0.0494. The van der Waals surface area contributed by atoms with Gasteiger partial charge in [0.15, 0.2) is 11.6 Å². The third-order valence-corrected chi connectivity index (χ3v) is 10.1. The van der Waals surface area contributed by atoms with Crippen molar-refractivity contribution in [2.75, 3.05) is 11.4 Å². The van der Waals surface area contributed by atoms with Gasteiger partial charge in [-0.25, -0.2) is 26.4 Å². The molecule has 228 valence electrons. The third kappa shape index (κ3) is 6.25. The van der Waals surface area contributed by atoms with E-state index in [1.54, 1.807) is 0 Å². The van der Waals surface area contributed by atoms with E-state index < -0.39 is 56.0 Å². The van der Waals surface area contributed by atoms with E-state index in [9.17, 15) is 41.4 Å². The lowest BCUT2D eigenvalue weighted by atomic mass is 9.84. The van der Waals surface area contributed by atoms with Crippen LogP contribution >= 0.6 is 0 Å². The van der Waals surface area contributed by atoms with Crippen LogP contribution in [0.15, 0.2) is 59.5 Å². The van der Waals surface area contributed by atoms with Crippen molar-refractivity contribution in [2.45, 2.75) is 68.3 Å². The fraction of sp³-hybridized carbons (Fsp3) is 0.355. The molecule has 1 amide bonds. The minimum atomic E-state index is -4.84. The molecule has 43 heavy (non-hydrogen) atoms. The van der Waals surface area contributed by atoms with Crippen LogP contribution in [0.1, 0.15) is 72.3 Å². The van der Waals surface area contributed by atoms with Gasteiger partial charge in [0.25, 0.3) is 0 Å². The molecule has 12 heteroatoms.